The molecule has 1 saturated carbocycles. The summed E-state index contributed by atoms with van der Waals surface area (Å²) >= 11 is 0. The molecular weight excluding hydrogens is 380 g/mol. The zero-order valence-electron chi connectivity index (χ0n) is 17.9. The molecule has 0 aliphatic heterocycles. The summed E-state index contributed by atoms with van der Waals surface area (Å²) in [4.78, 5) is 12.2. The topological polar surface area (TPSA) is 79.8 Å². The van der Waals surface area contributed by atoms with Crippen molar-refractivity contribution in [1.82, 2.24) is 0 Å². The standard InChI is InChI=1S/C24H32N2O4/c1-3-30-24(28)19-9-10-22(26-20-7-5-4-6-8-20)23(14-19)25-15-17-11-18(16-27)13-21(12-17)29-2/h9-14,20,25-27H,3-8,15-16H2,1-2H3. The van der Waals surface area contributed by atoms with Crippen LogP contribution in [-0.2, 0) is 17.9 Å². The molecule has 1 aliphatic rings. The predicted octanol–water partition coefficient (Wildman–Crippen LogP) is 4.72. The maximum absolute atomic E-state index is 12.2. The van der Waals surface area contributed by atoms with Crippen LogP contribution in [0.3, 0.4) is 0 Å². The molecular formula is C24H32N2O4. The van der Waals surface area contributed by atoms with Gasteiger partial charge in [0.15, 0.2) is 0 Å². The summed E-state index contributed by atoms with van der Waals surface area (Å²) in [6.45, 7) is 2.64. The van der Waals surface area contributed by atoms with Gasteiger partial charge in [0.25, 0.3) is 0 Å². The fourth-order valence-corrected chi connectivity index (χ4v) is 3.86. The molecule has 0 radical (unpaired) electrons. The highest BCUT2D eigenvalue weighted by Crippen LogP contribution is 2.29. The van der Waals surface area contributed by atoms with Crippen molar-refractivity contribution in [2.75, 3.05) is 24.4 Å². The van der Waals surface area contributed by atoms with Crippen LogP contribution >= 0.6 is 0 Å². The molecule has 6 heteroatoms. The number of hydrogen-bond donors (Lipinski definition) is 3. The van der Waals surface area contributed by atoms with E-state index < -0.39 is 0 Å². The first-order chi connectivity index (χ1) is 14.6. The lowest BCUT2D eigenvalue weighted by atomic mass is 9.95. The Balaban J connectivity index is 1.82. The number of nitrogens with one attached hydrogen (secondary N) is 2. The highest BCUT2D eigenvalue weighted by atomic mass is 16.5. The summed E-state index contributed by atoms with van der Waals surface area (Å²) in [5, 5.41) is 16.6. The van der Waals surface area contributed by atoms with Crippen LogP contribution < -0.4 is 15.4 Å². The Morgan fingerprint density at radius 3 is 2.53 bits per heavy atom. The van der Waals surface area contributed by atoms with E-state index in [2.05, 4.69) is 10.6 Å². The number of rotatable bonds is 9. The number of hydrogen-bond acceptors (Lipinski definition) is 6. The third-order valence-electron chi connectivity index (χ3n) is 5.42. The van der Waals surface area contributed by atoms with Gasteiger partial charge in [-0.3, -0.25) is 0 Å². The Labute approximate surface area is 178 Å². The molecule has 2 aromatic carbocycles. The van der Waals surface area contributed by atoms with Gasteiger partial charge < -0.3 is 25.2 Å². The minimum Gasteiger partial charge on any atom is -0.497 e. The van der Waals surface area contributed by atoms with Gasteiger partial charge in [0.05, 0.1) is 37.3 Å². The molecule has 0 heterocycles. The fourth-order valence-electron chi connectivity index (χ4n) is 3.86. The van der Waals surface area contributed by atoms with Crippen LogP contribution in [-0.4, -0.2) is 30.8 Å². The smallest absolute Gasteiger partial charge is 0.338 e. The normalized spacial score (nSPS) is 14.2. The van der Waals surface area contributed by atoms with Crippen LogP contribution in [0.5, 0.6) is 5.75 Å². The summed E-state index contributed by atoms with van der Waals surface area (Å²) in [5.74, 6) is 0.382. The number of aliphatic hydroxyl groups is 1. The van der Waals surface area contributed by atoms with Crippen molar-refractivity contribution < 1.29 is 19.4 Å². The summed E-state index contributed by atoms with van der Waals surface area (Å²) in [6, 6.07) is 11.8. The molecule has 6 nitrogen and oxygen atoms in total. The van der Waals surface area contributed by atoms with Crippen molar-refractivity contribution in [3.05, 3.63) is 53.1 Å². The van der Waals surface area contributed by atoms with E-state index in [-0.39, 0.29) is 12.6 Å². The lowest BCUT2D eigenvalue weighted by molar-refractivity contribution is 0.0526. The van der Waals surface area contributed by atoms with E-state index in [1.165, 1.54) is 19.3 Å². The highest BCUT2D eigenvalue weighted by molar-refractivity contribution is 5.92. The SMILES string of the molecule is CCOC(=O)c1ccc(NC2CCCCC2)c(NCc2cc(CO)cc(OC)c2)c1. The van der Waals surface area contributed by atoms with Crippen molar-refractivity contribution >= 4 is 17.3 Å². The maximum atomic E-state index is 12.2. The number of ether oxygens (including phenoxy) is 2. The second-order valence-corrected chi connectivity index (χ2v) is 7.66. The number of benzene rings is 2. The first-order valence-electron chi connectivity index (χ1n) is 10.7. The van der Waals surface area contributed by atoms with E-state index in [0.717, 1.165) is 35.3 Å². The van der Waals surface area contributed by atoms with Gasteiger partial charge in [0.2, 0.25) is 0 Å². The molecule has 0 amide bonds. The van der Waals surface area contributed by atoms with Crippen molar-refractivity contribution in [3.8, 4) is 5.75 Å². The van der Waals surface area contributed by atoms with E-state index >= 15 is 0 Å². The van der Waals surface area contributed by atoms with Crippen LogP contribution in [0.1, 0.15) is 60.5 Å². The first-order valence-corrected chi connectivity index (χ1v) is 10.7. The third-order valence-corrected chi connectivity index (χ3v) is 5.42. The molecule has 3 N–H and O–H groups in total. The zero-order valence-corrected chi connectivity index (χ0v) is 17.9. The molecule has 1 aliphatic carbocycles. The fraction of sp³-hybridized carbons (Fsp3) is 0.458. The molecule has 162 valence electrons. The number of carbonyl (C=O) groups is 1. The monoisotopic (exact) mass is 412 g/mol. The first kappa shape index (κ1) is 22.0. The van der Waals surface area contributed by atoms with Crippen molar-refractivity contribution in [2.24, 2.45) is 0 Å². The zero-order chi connectivity index (χ0) is 21.3. The highest BCUT2D eigenvalue weighted by Gasteiger charge is 2.16. The molecule has 0 aromatic heterocycles. The van der Waals surface area contributed by atoms with E-state index in [4.69, 9.17) is 9.47 Å². The Kier molecular flexibility index (Phi) is 7.97. The Morgan fingerprint density at radius 2 is 1.83 bits per heavy atom. The van der Waals surface area contributed by atoms with Crippen LogP contribution in [0.2, 0.25) is 0 Å². The summed E-state index contributed by atoms with van der Waals surface area (Å²) < 4.78 is 10.5. The summed E-state index contributed by atoms with van der Waals surface area (Å²) in [5.41, 5.74) is 4.16. The van der Waals surface area contributed by atoms with E-state index in [9.17, 15) is 9.90 Å². The molecule has 2 aromatic rings. The Bertz CT molecular complexity index is 825. The van der Waals surface area contributed by atoms with Gasteiger partial charge in [0, 0.05) is 12.6 Å². The summed E-state index contributed by atoms with van der Waals surface area (Å²) in [7, 11) is 1.61. The average Bonchev–Trinajstić information content (AvgIpc) is 2.79. The Hall–Kier alpha value is -2.73. The second kappa shape index (κ2) is 10.9. The maximum Gasteiger partial charge on any atom is 0.338 e. The number of aliphatic hydroxyl groups excluding tert-OH is 1. The molecule has 0 bridgehead atoms. The van der Waals surface area contributed by atoms with Crippen LogP contribution in [0.4, 0.5) is 11.4 Å². The molecule has 0 spiro atoms. The molecule has 0 atom stereocenters. The molecule has 3 rings (SSSR count). The van der Waals surface area contributed by atoms with Crippen LogP contribution in [0.25, 0.3) is 0 Å². The predicted molar refractivity (Wildman–Crippen MR) is 119 cm³/mol. The van der Waals surface area contributed by atoms with Gasteiger partial charge in [-0.1, -0.05) is 25.3 Å². The van der Waals surface area contributed by atoms with Gasteiger partial charge in [0.1, 0.15) is 5.75 Å². The average molecular weight is 413 g/mol. The molecule has 30 heavy (non-hydrogen) atoms. The van der Waals surface area contributed by atoms with E-state index in [1.807, 2.05) is 36.4 Å². The minimum absolute atomic E-state index is 0.0446. The van der Waals surface area contributed by atoms with Crippen molar-refractivity contribution in [2.45, 2.75) is 58.2 Å². The van der Waals surface area contributed by atoms with Gasteiger partial charge in [-0.05, 0) is 61.2 Å². The molecule has 1 fully saturated rings. The minimum atomic E-state index is -0.325. The Morgan fingerprint density at radius 1 is 1.07 bits per heavy atom. The number of methoxy groups -OCH3 is 1. The third kappa shape index (κ3) is 5.89. The van der Waals surface area contributed by atoms with Gasteiger partial charge in [-0.2, -0.15) is 0 Å². The molecule has 0 saturated heterocycles. The summed E-state index contributed by atoms with van der Waals surface area (Å²) in [6.07, 6.45) is 6.11. The lowest BCUT2D eigenvalue weighted by Crippen LogP contribution is -2.23. The van der Waals surface area contributed by atoms with Gasteiger partial charge in [-0.25, -0.2) is 4.79 Å². The second-order valence-electron chi connectivity index (χ2n) is 7.66. The van der Waals surface area contributed by atoms with Gasteiger partial charge in [-0.15, -0.1) is 0 Å². The van der Waals surface area contributed by atoms with Crippen LogP contribution in [0.15, 0.2) is 36.4 Å². The van der Waals surface area contributed by atoms with Crippen molar-refractivity contribution in [3.63, 3.8) is 0 Å². The van der Waals surface area contributed by atoms with Crippen molar-refractivity contribution in [1.29, 1.82) is 0 Å². The van der Waals surface area contributed by atoms with Gasteiger partial charge >= 0.3 is 5.97 Å². The van der Waals surface area contributed by atoms with E-state index in [1.54, 1.807) is 14.0 Å². The lowest BCUT2D eigenvalue weighted by Gasteiger charge is -2.25. The molecule has 0 unspecified atom stereocenters. The number of anilines is 2. The number of carbonyl (C=O) groups excluding carboxylic acids is 1. The van der Waals surface area contributed by atoms with Crippen LogP contribution in [0, 0.1) is 0 Å². The van der Waals surface area contributed by atoms with E-state index in [0.29, 0.717) is 30.5 Å². The quantitative estimate of drug-likeness (QED) is 0.517. The number of esters is 1. The largest absolute Gasteiger partial charge is 0.497 e.